The van der Waals surface area contributed by atoms with Crippen molar-refractivity contribution in [3.8, 4) is 17.0 Å². The van der Waals surface area contributed by atoms with Gasteiger partial charge in [0.1, 0.15) is 5.75 Å². The van der Waals surface area contributed by atoms with Crippen molar-refractivity contribution in [1.82, 2.24) is 4.98 Å². The quantitative estimate of drug-likeness (QED) is 0.690. The number of ether oxygens (including phenoxy) is 1. The number of hydrogen-bond acceptors (Lipinski definition) is 5. The van der Waals surface area contributed by atoms with Crippen molar-refractivity contribution in [2.45, 2.75) is 13.8 Å². The lowest BCUT2D eigenvalue weighted by Gasteiger charge is -2.04. The number of thiazole rings is 1. The predicted molar refractivity (Wildman–Crippen MR) is 103 cm³/mol. The minimum atomic E-state index is -0.0800. The molecule has 2 aromatic carbocycles. The van der Waals surface area contributed by atoms with E-state index >= 15 is 0 Å². The van der Waals surface area contributed by atoms with E-state index in [4.69, 9.17) is 9.72 Å². The zero-order valence-corrected chi connectivity index (χ0v) is 15.1. The third kappa shape index (κ3) is 4.16. The van der Waals surface area contributed by atoms with E-state index < -0.39 is 0 Å². The Morgan fingerprint density at radius 1 is 1.04 bits per heavy atom. The molecule has 128 valence electrons. The van der Waals surface area contributed by atoms with Gasteiger partial charge in [0, 0.05) is 28.7 Å². The van der Waals surface area contributed by atoms with Crippen LogP contribution in [0.2, 0.25) is 0 Å². The minimum Gasteiger partial charge on any atom is -0.497 e. The van der Waals surface area contributed by atoms with E-state index in [1.54, 1.807) is 18.4 Å². The molecule has 0 saturated carbocycles. The van der Waals surface area contributed by atoms with Crippen LogP contribution in [0, 0.1) is 6.92 Å². The summed E-state index contributed by atoms with van der Waals surface area (Å²) in [6.45, 7) is 3.55. The van der Waals surface area contributed by atoms with Crippen LogP contribution in [-0.4, -0.2) is 18.0 Å². The van der Waals surface area contributed by atoms with Gasteiger partial charge in [0.15, 0.2) is 5.13 Å². The maximum Gasteiger partial charge on any atom is 0.221 e. The molecule has 0 atom stereocenters. The van der Waals surface area contributed by atoms with Gasteiger partial charge in [-0.05, 0) is 43.3 Å². The molecule has 0 aliphatic heterocycles. The highest BCUT2D eigenvalue weighted by atomic mass is 32.1. The van der Waals surface area contributed by atoms with E-state index in [9.17, 15) is 4.79 Å². The third-order valence-corrected chi connectivity index (χ3v) is 4.50. The number of carbonyl (C=O) groups excluding carboxylic acids is 1. The molecule has 25 heavy (non-hydrogen) atoms. The molecule has 2 N–H and O–H groups in total. The van der Waals surface area contributed by atoms with Crippen molar-refractivity contribution < 1.29 is 9.53 Å². The van der Waals surface area contributed by atoms with Gasteiger partial charge in [0.05, 0.1) is 12.8 Å². The van der Waals surface area contributed by atoms with E-state index in [1.807, 2.05) is 55.5 Å². The van der Waals surface area contributed by atoms with Gasteiger partial charge in [-0.25, -0.2) is 4.98 Å². The number of nitrogens with zero attached hydrogens (tertiary/aromatic N) is 1. The Morgan fingerprint density at radius 2 is 1.68 bits per heavy atom. The number of aromatic nitrogens is 1. The first-order chi connectivity index (χ1) is 12.0. The number of methoxy groups -OCH3 is 1. The molecule has 3 aromatic rings. The maximum absolute atomic E-state index is 11.1. The van der Waals surface area contributed by atoms with Crippen molar-refractivity contribution in [2.75, 3.05) is 17.7 Å². The second-order valence-electron chi connectivity index (χ2n) is 5.54. The summed E-state index contributed by atoms with van der Waals surface area (Å²) in [5.41, 5.74) is 3.70. The van der Waals surface area contributed by atoms with Crippen LogP contribution in [0.25, 0.3) is 11.3 Å². The lowest BCUT2D eigenvalue weighted by molar-refractivity contribution is -0.114. The highest BCUT2D eigenvalue weighted by molar-refractivity contribution is 7.16. The molecule has 0 bridgehead atoms. The molecular formula is C19H19N3O2S. The van der Waals surface area contributed by atoms with E-state index in [1.165, 1.54) is 6.92 Å². The summed E-state index contributed by atoms with van der Waals surface area (Å²) in [4.78, 5) is 16.9. The van der Waals surface area contributed by atoms with E-state index in [-0.39, 0.29) is 5.91 Å². The Hall–Kier alpha value is -2.86. The standard InChI is InChI=1S/C19H19N3O2S/c1-12-18(14-4-6-15(7-5-14)20-13(2)23)22-19(25-12)21-16-8-10-17(24-3)11-9-16/h4-11H,1-3H3,(H,20,23)(H,21,22). The zero-order valence-electron chi connectivity index (χ0n) is 14.3. The molecule has 3 rings (SSSR count). The molecule has 1 aromatic heterocycles. The monoisotopic (exact) mass is 353 g/mol. The fourth-order valence-electron chi connectivity index (χ4n) is 2.43. The Morgan fingerprint density at radius 3 is 2.28 bits per heavy atom. The second-order valence-corrected chi connectivity index (χ2v) is 6.74. The summed E-state index contributed by atoms with van der Waals surface area (Å²) in [6, 6.07) is 15.4. The van der Waals surface area contributed by atoms with Crippen LogP contribution in [0.5, 0.6) is 5.75 Å². The summed E-state index contributed by atoms with van der Waals surface area (Å²) in [5.74, 6) is 0.740. The lowest BCUT2D eigenvalue weighted by Crippen LogP contribution is -2.05. The molecule has 0 spiro atoms. The Balaban J connectivity index is 1.78. The van der Waals surface area contributed by atoms with Gasteiger partial charge in [-0.2, -0.15) is 0 Å². The van der Waals surface area contributed by atoms with Crippen LogP contribution in [0.15, 0.2) is 48.5 Å². The number of benzene rings is 2. The number of aryl methyl sites for hydroxylation is 1. The van der Waals surface area contributed by atoms with E-state index in [2.05, 4.69) is 10.6 Å². The zero-order chi connectivity index (χ0) is 17.8. The van der Waals surface area contributed by atoms with Crippen molar-refractivity contribution in [1.29, 1.82) is 0 Å². The average molecular weight is 353 g/mol. The largest absolute Gasteiger partial charge is 0.497 e. The first kappa shape index (κ1) is 17.0. The van der Waals surface area contributed by atoms with Crippen molar-refractivity contribution in [2.24, 2.45) is 0 Å². The topological polar surface area (TPSA) is 63.2 Å². The van der Waals surface area contributed by atoms with E-state index in [0.717, 1.165) is 38.4 Å². The molecule has 6 heteroatoms. The second kappa shape index (κ2) is 7.36. The number of nitrogens with one attached hydrogen (secondary N) is 2. The molecule has 5 nitrogen and oxygen atoms in total. The van der Waals surface area contributed by atoms with Crippen molar-refractivity contribution in [3.63, 3.8) is 0 Å². The molecular weight excluding hydrogens is 334 g/mol. The molecule has 1 heterocycles. The first-order valence-electron chi connectivity index (χ1n) is 7.81. The smallest absolute Gasteiger partial charge is 0.221 e. The van der Waals surface area contributed by atoms with Crippen LogP contribution in [-0.2, 0) is 4.79 Å². The van der Waals surface area contributed by atoms with Crippen LogP contribution >= 0.6 is 11.3 Å². The van der Waals surface area contributed by atoms with Crippen LogP contribution in [0.1, 0.15) is 11.8 Å². The average Bonchev–Trinajstić information content (AvgIpc) is 2.96. The molecule has 0 saturated heterocycles. The van der Waals surface area contributed by atoms with Crippen LogP contribution in [0.4, 0.5) is 16.5 Å². The first-order valence-corrected chi connectivity index (χ1v) is 8.63. The molecule has 0 aliphatic rings. The molecule has 0 radical (unpaired) electrons. The number of hydrogen-bond donors (Lipinski definition) is 2. The minimum absolute atomic E-state index is 0.0800. The van der Waals surface area contributed by atoms with Gasteiger partial charge in [0.2, 0.25) is 5.91 Å². The van der Waals surface area contributed by atoms with Crippen LogP contribution < -0.4 is 15.4 Å². The fraction of sp³-hybridized carbons (Fsp3) is 0.158. The molecule has 0 unspecified atom stereocenters. The SMILES string of the molecule is COc1ccc(Nc2nc(-c3ccc(NC(C)=O)cc3)c(C)s2)cc1. The molecule has 0 fully saturated rings. The predicted octanol–water partition coefficient (Wildman–Crippen LogP) is 4.83. The van der Waals surface area contributed by atoms with E-state index in [0.29, 0.717) is 0 Å². The van der Waals surface area contributed by atoms with Gasteiger partial charge >= 0.3 is 0 Å². The highest BCUT2D eigenvalue weighted by Gasteiger charge is 2.10. The number of amides is 1. The fourth-order valence-corrected chi connectivity index (χ4v) is 3.29. The summed E-state index contributed by atoms with van der Waals surface area (Å²) in [7, 11) is 1.65. The van der Waals surface area contributed by atoms with Crippen molar-refractivity contribution in [3.05, 3.63) is 53.4 Å². The van der Waals surface area contributed by atoms with Crippen LogP contribution in [0.3, 0.4) is 0 Å². The van der Waals surface area contributed by atoms with Gasteiger partial charge in [-0.3, -0.25) is 4.79 Å². The Bertz CT molecular complexity index is 871. The summed E-state index contributed by atoms with van der Waals surface area (Å²) in [6.07, 6.45) is 0. The number of rotatable bonds is 5. The summed E-state index contributed by atoms with van der Waals surface area (Å²) < 4.78 is 5.17. The van der Waals surface area contributed by atoms with Crippen molar-refractivity contribution >= 4 is 33.8 Å². The van der Waals surface area contributed by atoms with Gasteiger partial charge in [0.25, 0.3) is 0 Å². The van der Waals surface area contributed by atoms with Gasteiger partial charge in [-0.1, -0.05) is 12.1 Å². The Labute approximate surface area is 150 Å². The Kier molecular flexibility index (Phi) is 5.00. The lowest BCUT2D eigenvalue weighted by atomic mass is 10.1. The van der Waals surface area contributed by atoms with Gasteiger partial charge < -0.3 is 15.4 Å². The maximum atomic E-state index is 11.1. The normalized spacial score (nSPS) is 10.4. The highest BCUT2D eigenvalue weighted by Crippen LogP contribution is 2.32. The summed E-state index contributed by atoms with van der Waals surface area (Å²) >= 11 is 1.61. The summed E-state index contributed by atoms with van der Waals surface area (Å²) in [5, 5.41) is 6.92. The number of carbonyl (C=O) groups is 1. The third-order valence-electron chi connectivity index (χ3n) is 3.62. The molecule has 1 amide bonds. The van der Waals surface area contributed by atoms with Gasteiger partial charge in [-0.15, -0.1) is 11.3 Å². The number of anilines is 3. The molecule has 0 aliphatic carbocycles.